The fourth-order valence-electron chi connectivity index (χ4n) is 2.76. The topological polar surface area (TPSA) is 66.6 Å². The van der Waals surface area contributed by atoms with E-state index in [2.05, 4.69) is 4.90 Å². The minimum absolute atomic E-state index is 0.153. The molecule has 5 heteroatoms. The quantitative estimate of drug-likeness (QED) is 0.568. The van der Waals surface area contributed by atoms with Crippen LogP contribution in [0.3, 0.4) is 0 Å². The highest BCUT2D eigenvalue weighted by Gasteiger charge is 2.37. The number of benzene rings is 1. The first-order chi connectivity index (χ1) is 7.65. The molecule has 0 spiro atoms. The van der Waals surface area contributed by atoms with E-state index >= 15 is 0 Å². The van der Waals surface area contributed by atoms with Crippen LogP contribution in [0.5, 0.6) is 0 Å². The number of anilines is 1. The monoisotopic (exact) mass is 220 g/mol. The van der Waals surface area contributed by atoms with Crippen molar-refractivity contribution in [3.63, 3.8) is 0 Å². The van der Waals surface area contributed by atoms with Crippen molar-refractivity contribution in [3.8, 4) is 0 Å². The number of fused-ring (bicyclic) bond motifs is 3. The SMILES string of the molecule is O=[N+]([O-])c1ccc2c(c1)CC1CC(O)CN21. The van der Waals surface area contributed by atoms with Crippen molar-refractivity contribution in [2.45, 2.75) is 25.0 Å². The molecular weight excluding hydrogens is 208 g/mol. The predicted molar refractivity (Wildman–Crippen MR) is 58.6 cm³/mol. The molecule has 0 aliphatic carbocycles. The molecule has 3 rings (SSSR count). The lowest BCUT2D eigenvalue weighted by Gasteiger charge is -2.17. The van der Waals surface area contributed by atoms with E-state index in [0.717, 1.165) is 24.1 Å². The molecule has 0 amide bonds. The standard InChI is InChI=1S/C11H12N2O3/c14-10-5-9-4-7-3-8(13(15)16)1-2-11(7)12(9)6-10/h1-3,9-10,14H,4-6H2. The Balaban J connectivity index is 1.98. The number of nitro benzene ring substituents is 1. The normalized spacial score (nSPS) is 26.7. The second-order valence-electron chi connectivity index (χ2n) is 4.47. The third kappa shape index (κ3) is 1.28. The summed E-state index contributed by atoms with van der Waals surface area (Å²) in [6.07, 6.45) is 1.32. The van der Waals surface area contributed by atoms with Gasteiger partial charge in [-0.15, -0.1) is 0 Å². The van der Waals surface area contributed by atoms with E-state index < -0.39 is 0 Å². The molecule has 1 aromatic carbocycles. The molecule has 84 valence electrons. The lowest BCUT2D eigenvalue weighted by molar-refractivity contribution is -0.384. The zero-order valence-electron chi connectivity index (χ0n) is 8.67. The number of non-ortho nitro benzene ring substituents is 1. The zero-order valence-corrected chi connectivity index (χ0v) is 8.67. The molecule has 2 heterocycles. The van der Waals surface area contributed by atoms with Crippen LogP contribution in [0.2, 0.25) is 0 Å². The van der Waals surface area contributed by atoms with Crippen molar-refractivity contribution < 1.29 is 10.0 Å². The van der Waals surface area contributed by atoms with Gasteiger partial charge in [0.2, 0.25) is 0 Å². The van der Waals surface area contributed by atoms with Gasteiger partial charge in [0.05, 0.1) is 11.0 Å². The number of hydrogen-bond acceptors (Lipinski definition) is 4. The number of nitro groups is 1. The Morgan fingerprint density at radius 1 is 1.50 bits per heavy atom. The van der Waals surface area contributed by atoms with Gasteiger partial charge >= 0.3 is 0 Å². The fourth-order valence-corrected chi connectivity index (χ4v) is 2.76. The largest absolute Gasteiger partial charge is 0.391 e. The van der Waals surface area contributed by atoms with Crippen LogP contribution < -0.4 is 4.90 Å². The minimum atomic E-state index is -0.363. The van der Waals surface area contributed by atoms with Gasteiger partial charge in [0.1, 0.15) is 0 Å². The van der Waals surface area contributed by atoms with E-state index in [0.29, 0.717) is 12.6 Å². The molecule has 16 heavy (non-hydrogen) atoms. The molecule has 2 aliphatic rings. The van der Waals surface area contributed by atoms with Crippen LogP contribution in [-0.4, -0.2) is 28.7 Å². The first-order valence-electron chi connectivity index (χ1n) is 5.37. The van der Waals surface area contributed by atoms with Crippen LogP contribution in [0.25, 0.3) is 0 Å². The lowest BCUT2D eigenvalue weighted by Crippen LogP contribution is -2.25. The average Bonchev–Trinajstić information content (AvgIpc) is 2.72. The number of aliphatic hydroxyl groups excluding tert-OH is 1. The van der Waals surface area contributed by atoms with Crippen LogP contribution in [0.1, 0.15) is 12.0 Å². The van der Waals surface area contributed by atoms with E-state index in [-0.39, 0.29) is 16.7 Å². The maximum Gasteiger partial charge on any atom is 0.269 e. The molecule has 0 bridgehead atoms. The molecule has 0 aromatic heterocycles. The molecule has 2 aliphatic heterocycles. The van der Waals surface area contributed by atoms with Crippen LogP contribution in [-0.2, 0) is 6.42 Å². The zero-order chi connectivity index (χ0) is 11.3. The van der Waals surface area contributed by atoms with Gasteiger partial charge in [-0.05, 0) is 24.5 Å². The van der Waals surface area contributed by atoms with E-state index in [4.69, 9.17) is 0 Å². The summed E-state index contributed by atoms with van der Waals surface area (Å²) < 4.78 is 0. The molecule has 2 atom stereocenters. The Bertz CT molecular complexity index is 461. The van der Waals surface area contributed by atoms with Crippen molar-refractivity contribution >= 4 is 11.4 Å². The Morgan fingerprint density at radius 3 is 3.06 bits per heavy atom. The van der Waals surface area contributed by atoms with E-state index in [1.54, 1.807) is 12.1 Å². The summed E-state index contributed by atoms with van der Waals surface area (Å²) in [6.45, 7) is 0.648. The first kappa shape index (κ1) is 9.59. The fraction of sp³-hybridized carbons (Fsp3) is 0.455. The summed E-state index contributed by atoms with van der Waals surface area (Å²) in [6, 6.07) is 5.31. The minimum Gasteiger partial charge on any atom is -0.391 e. The molecule has 1 saturated heterocycles. The Morgan fingerprint density at radius 2 is 2.31 bits per heavy atom. The van der Waals surface area contributed by atoms with Crippen LogP contribution >= 0.6 is 0 Å². The molecule has 5 nitrogen and oxygen atoms in total. The number of nitrogens with zero attached hydrogens (tertiary/aromatic N) is 2. The highest BCUT2D eigenvalue weighted by Crippen LogP contribution is 2.39. The molecule has 0 saturated carbocycles. The molecule has 2 unspecified atom stereocenters. The molecule has 1 N–H and O–H groups in total. The molecule has 1 aromatic rings. The van der Waals surface area contributed by atoms with Gasteiger partial charge < -0.3 is 10.0 Å². The second kappa shape index (κ2) is 3.18. The van der Waals surface area contributed by atoms with Crippen molar-refractivity contribution in [2.24, 2.45) is 0 Å². The van der Waals surface area contributed by atoms with Gasteiger partial charge in [-0.2, -0.15) is 0 Å². The summed E-state index contributed by atoms with van der Waals surface area (Å²) in [5.41, 5.74) is 2.23. The third-order valence-corrected chi connectivity index (χ3v) is 3.43. The van der Waals surface area contributed by atoms with Gasteiger partial charge in [0.25, 0.3) is 5.69 Å². The highest BCUT2D eigenvalue weighted by molar-refractivity contribution is 5.63. The van der Waals surface area contributed by atoms with Crippen molar-refractivity contribution in [1.29, 1.82) is 0 Å². The van der Waals surface area contributed by atoms with Gasteiger partial charge in [-0.3, -0.25) is 10.1 Å². The van der Waals surface area contributed by atoms with E-state index in [1.165, 1.54) is 6.07 Å². The summed E-state index contributed by atoms with van der Waals surface area (Å²) in [5, 5.41) is 20.2. The Labute approximate surface area is 92.5 Å². The van der Waals surface area contributed by atoms with E-state index in [1.807, 2.05) is 0 Å². The van der Waals surface area contributed by atoms with Gasteiger partial charge in [-0.25, -0.2) is 0 Å². The summed E-state index contributed by atoms with van der Waals surface area (Å²) in [4.78, 5) is 12.4. The van der Waals surface area contributed by atoms with Crippen LogP contribution in [0.15, 0.2) is 18.2 Å². The number of aliphatic hydroxyl groups is 1. The van der Waals surface area contributed by atoms with E-state index in [9.17, 15) is 15.2 Å². The lowest BCUT2D eigenvalue weighted by atomic mass is 10.1. The number of hydrogen-bond donors (Lipinski definition) is 1. The number of rotatable bonds is 1. The van der Waals surface area contributed by atoms with Gasteiger partial charge in [-0.1, -0.05) is 0 Å². The first-order valence-corrected chi connectivity index (χ1v) is 5.37. The molecular formula is C11H12N2O3. The molecule has 1 fully saturated rings. The summed E-state index contributed by atoms with van der Waals surface area (Å²) in [7, 11) is 0. The smallest absolute Gasteiger partial charge is 0.269 e. The van der Waals surface area contributed by atoms with Crippen LogP contribution in [0.4, 0.5) is 11.4 Å². The Hall–Kier alpha value is -1.62. The van der Waals surface area contributed by atoms with Gasteiger partial charge in [0.15, 0.2) is 0 Å². The Kier molecular flexibility index (Phi) is 1.91. The summed E-state index contributed by atoms with van der Waals surface area (Å²) >= 11 is 0. The van der Waals surface area contributed by atoms with Crippen molar-refractivity contribution in [3.05, 3.63) is 33.9 Å². The highest BCUT2D eigenvalue weighted by atomic mass is 16.6. The van der Waals surface area contributed by atoms with Crippen molar-refractivity contribution in [1.82, 2.24) is 0 Å². The van der Waals surface area contributed by atoms with Gasteiger partial charge in [0, 0.05) is 30.4 Å². The third-order valence-electron chi connectivity index (χ3n) is 3.43. The predicted octanol–water partition coefficient (Wildman–Crippen LogP) is 1.09. The van der Waals surface area contributed by atoms with Crippen molar-refractivity contribution in [2.75, 3.05) is 11.4 Å². The maximum atomic E-state index is 10.7. The average molecular weight is 220 g/mol. The van der Waals surface area contributed by atoms with Crippen LogP contribution in [0, 0.1) is 10.1 Å². The second-order valence-corrected chi connectivity index (χ2v) is 4.47. The maximum absolute atomic E-state index is 10.7. The summed E-state index contributed by atoms with van der Waals surface area (Å²) in [5.74, 6) is 0. The molecule has 0 radical (unpaired) electrons.